The number of ether oxygens (including phenoxy) is 4. The van der Waals surface area contributed by atoms with E-state index in [-0.39, 0.29) is 5.97 Å². The Bertz CT molecular complexity index is 1110. The van der Waals surface area contributed by atoms with Crippen LogP contribution in [0.1, 0.15) is 30.0 Å². The number of aryl methyl sites for hydroxylation is 1. The van der Waals surface area contributed by atoms with Crippen LogP contribution in [0.25, 0.3) is 11.6 Å². The van der Waals surface area contributed by atoms with Gasteiger partial charge in [0.1, 0.15) is 23.0 Å². The Hall–Kier alpha value is -4.06. The highest BCUT2D eigenvalue weighted by molar-refractivity contribution is 6.13. The molecule has 0 radical (unpaired) electrons. The Morgan fingerprint density at radius 1 is 0.824 bits per heavy atom. The van der Waals surface area contributed by atoms with Gasteiger partial charge < -0.3 is 18.9 Å². The summed E-state index contributed by atoms with van der Waals surface area (Å²) in [6.45, 7) is 2.19. The molecule has 0 aromatic heterocycles. The normalized spacial score (nSPS) is 11.0. The number of benzene rings is 3. The summed E-state index contributed by atoms with van der Waals surface area (Å²) < 4.78 is 21.5. The van der Waals surface area contributed by atoms with Gasteiger partial charge in [0.2, 0.25) is 0 Å². The highest BCUT2D eigenvalue weighted by Crippen LogP contribution is 2.27. The van der Waals surface area contributed by atoms with Gasteiger partial charge in [-0.05, 0) is 72.5 Å². The fourth-order valence-corrected chi connectivity index (χ4v) is 3.33. The van der Waals surface area contributed by atoms with E-state index < -0.39 is 0 Å². The number of allylic oxidation sites excluding steroid dienone is 1. The lowest BCUT2D eigenvalue weighted by molar-refractivity contribution is -0.143. The lowest BCUT2D eigenvalue weighted by Crippen LogP contribution is -2.05. The molecule has 0 spiro atoms. The third-order valence-corrected chi connectivity index (χ3v) is 5.09. The second-order valence-corrected chi connectivity index (χ2v) is 7.44. The van der Waals surface area contributed by atoms with Gasteiger partial charge in [0.25, 0.3) is 0 Å². The van der Waals surface area contributed by atoms with Gasteiger partial charge in [-0.3, -0.25) is 9.59 Å². The van der Waals surface area contributed by atoms with E-state index in [0.29, 0.717) is 48.0 Å². The molecule has 0 heterocycles. The Labute approximate surface area is 199 Å². The van der Waals surface area contributed by atoms with Crippen molar-refractivity contribution >= 4 is 23.9 Å². The van der Waals surface area contributed by atoms with E-state index >= 15 is 0 Å². The largest absolute Gasteiger partial charge is 0.497 e. The number of carbonyl (C=O) groups excluding carboxylic acids is 2. The van der Waals surface area contributed by atoms with Gasteiger partial charge in [-0.2, -0.15) is 0 Å². The number of esters is 1. The van der Waals surface area contributed by atoms with Crippen molar-refractivity contribution in [1.82, 2.24) is 0 Å². The smallest absolute Gasteiger partial charge is 0.306 e. The molecule has 3 aromatic carbocycles. The minimum atomic E-state index is -0.197. The molecule has 6 heteroatoms. The van der Waals surface area contributed by atoms with E-state index in [4.69, 9.17) is 18.9 Å². The first kappa shape index (κ1) is 24.6. The van der Waals surface area contributed by atoms with E-state index in [0.717, 1.165) is 23.0 Å². The Morgan fingerprint density at radius 2 is 1.41 bits per heavy atom. The predicted octanol–water partition coefficient (Wildman–Crippen LogP) is 5.73. The molecule has 6 nitrogen and oxygen atoms in total. The summed E-state index contributed by atoms with van der Waals surface area (Å²) >= 11 is 0. The van der Waals surface area contributed by atoms with Crippen molar-refractivity contribution in [1.29, 1.82) is 0 Å². The van der Waals surface area contributed by atoms with Gasteiger partial charge in [-0.25, -0.2) is 0 Å². The molecule has 3 aromatic rings. The van der Waals surface area contributed by atoms with E-state index in [1.165, 1.54) is 0 Å². The predicted molar refractivity (Wildman–Crippen MR) is 131 cm³/mol. The van der Waals surface area contributed by atoms with Gasteiger partial charge in [0.15, 0.2) is 6.29 Å². The third-order valence-electron chi connectivity index (χ3n) is 5.09. The lowest BCUT2D eigenvalue weighted by Gasteiger charge is -2.09. The van der Waals surface area contributed by atoms with Crippen LogP contribution in [0.2, 0.25) is 0 Å². The van der Waals surface area contributed by atoms with Crippen LogP contribution >= 0.6 is 0 Å². The molecule has 0 unspecified atom stereocenters. The molecule has 0 bridgehead atoms. The van der Waals surface area contributed by atoms with Crippen LogP contribution in [0.15, 0.2) is 66.7 Å². The maximum atomic E-state index is 11.8. The first-order valence-corrected chi connectivity index (χ1v) is 11.0. The molecule has 0 aliphatic heterocycles. The second kappa shape index (κ2) is 12.3. The number of carbonyl (C=O) groups is 2. The minimum absolute atomic E-state index is 0.197. The Morgan fingerprint density at radius 3 is 1.94 bits per heavy atom. The first-order valence-electron chi connectivity index (χ1n) is 11.0. The molecular weight excluding hydrogens is 432 g/mol. The van der Waals surface area contributed by atoms with Crippen LogP contribution in [0.4, 0.5) is 0 Å². The highest BCUT2D eigenvalue weighted by atomic mass is 16.5. The average Bonchev–Trinajstić information content (AvgIpc) is 2.87. The molecule has 0 atom stereocenters. The van der Waals surface area contributed by atoms with E-state index in [1.54, 1.807) is 33.3 Å². The standard InChI is InChI=1S/C28H28O6/c1-4-33-28(30)14-7-20-5-10-24(11-6-20)34-25-12-8-22(9-13-25)23(19-29)15-21-16-26(31-2)18-27(17-21)32-3/h5-6,8-13,15-19H,4,7,14H2,1-3H3/b23-15-. The SMILES string of the molecule is CCOC(=O)CCc1ccc(Oc2ccc(/C(C=O)=C\c3cc(OC)cc(OC)c3)cc2)cc1. The van der Waals surface area contributed by atoms with Crippen molar-refractivity contribution in [3.05, 3.63) is 83.4 Å². The molecule has 34 heavy (non-hydrogen) atoms. The molecule has 0 amide bonds. The summed E-state index contributed by atoms with van der Waals surface area (Å²) in [7, 11) is 3.16. The molecule has 0 aliphatic carbocycles. The summed E-state index contributed by atoms with van der Waals surface area (Å²) in [6, 6.07) is 20.3. The molecule has 176 valence electrons. The van der Waals surface area contributed by atoms with Crippen LogP contribution in [-0.4, -0.2) is 33.1 Å². The van der Waals surface area contributed by atoms with E-state index in [1.807, 2.05) is 60.7 Å². The number of rotatable bonds is 11. The summed E-state index contributed by atoms with van der Waals surface area (Å²) in [6.07, 6.45) is 3.57. The second-order valence-electron chi connectivity index (χ2n) is 7.44. The average molecular weight is 461 g/mol. The van der Waals surface area contributed by atoms with E-state index in [2.05, 4.69) is 0 Å². The van der Waals surface area contributed by atoms with E-state index in [9.17, 15) is 9.59 Å². The fourth-order valence-electron chi connectivity index (χ4n) is 3.33. The third kappa shape index (κ3) is 6.97. The van der Waals surface area contributed by atoms with Crippen LogP contribution in [0.5, 0.6) is 23.0 Å². The summed E-state index contributed by atoms with van der Waals surface area (Å²) in [4.78, 5) is 23.3. The maximum absolute atomic E-state index is 11.8. The van der Waals surface area contributed by atoms with Crippen molar-refractivity contribution in [3.63, 3.8) is 0 Å². The van der Waals surface area contributed by atoms with Crippen LogP contribution in [0.3, 0.4) is 0 Å². The first-order chi connectivity index (χ1) is 16.5. The zero-order chi connectivity index (χ0) is 24.3. The maximum Gasteiger partial charge on any atom is 0.306 e. The number of aldehydes is 1. The lowest BCUT2D eigenvalue weighted by atomic mass is 10.0. The van der Waals surface area contributed by atoms with Crippen LogP contribution < -0.4 is 14.2 Å². The topological polar surface area (TPSA) is 71.1 Å². The molecule has 0 aliphatic rings. The van der Waals surface area contributed by atoms with Crippen molar-refractivity contribution in [2.45, 2.75) is 19.8 Å². The van der Waals surface area contributed by atoms with Crippen molar-refractivity contribution in [2.75, 3.05) is 20.8 Å². The zero-order valence-electron chi connectivity index (χ0n) is 19.6. The number of methoxy groups -OCH3 is 2. The summed E-state index contributed by atoms with van der Waals surface area (Å²) in [5, 5.41) is 0. The molecular formula is C28H28O6. The Kier molecular flexibility index (Phi) is 8.86. The molecule has 0 saturated heterocycles. The quantitative estimate of drug-likeness (QED) is 0.157. The minimum Gasteiger partial charge on any atom is -0.497 e. The van der Waals surface area contributed by atoms with Gasteiger partial charge in [-0.15, -0.1) is 0 Å². The van der Waals surface area contributed by atoms with Crippen molar-refractivity contribution in [3.8, 4) is 23.0 Å². The zero-order valence-corrected chi connectivity index (χ0v) is 19.6. The van der Waals surface area contributed by atoms with Gasteiger partial charge in [0.05, 0.1) is 20.8 Å². The summed E-state index contributed by atoms with van der Waals surface area (Å²) in [5.41, 5.74) is 3.11. The summed E-state index contributed by atoms with van der Waals surface area (Å²) in [5.74, 6) is 2.42. The molecule has 0 N–H and O–H groups in total. The number of hydrogen-bond acceptors (Lipinski definition) is 6. The van der Waals surface area contributed by atoms with Crippen molar-refractivity contribution < 1.29 is 28.5 Å². The highest BCUT2D eigenvalue weighted by Gasteiger charge is 2.06. The molecule has 0 saturated carbocycles. The van der Waals surface area contributed by atoms with Gasteiger partial charge in [-0.1, -0.05) is 24.3 Å². The fraction of sp³-hybridized carbons (Fsp3) is 0.214. The molecule has 3 rings (SSSR count). The van der Waals surface area contributed by atoms with Gasteiger partial charge in [0, 0.05) is 18.1 Å². The monoisotopic (exact) mass is 460 g/mol. The van der Waals surface area contributed by atoms with Crippen molar-refractivity contribution in [2.24, 2.45) is 0 Å². The number of hydrogen-bond donors (Lipinski definition) is 0. The van der Waals surface area contributed by atoms with Gasteiger partial charge >= 0.3 is 5.97 Å². The van der Waals surface area contributed by atoms with Crippen LogP contribution in [-0.2, 0) is 20.7 Å². The Balaban J connectivity index is 1.67. The van der Waals surface area contributed by atoms with Crippen LogP contribution in [0, 0.1) is 0 Å². The molecule has 0 fully saturated rings.